The quantitative estimate of drug-likeness (QED) is 0.162. The summed E-state index contributed by atoms with van der Waals surface area (Å²) >= 11 is 0. The second-order valence-corrected chi connectivity index (χ2v) is 19.2. The molecule has 314 valence electrons. The minimum absolute atomic E-state index is 0.0377. The van der Waals surface area contributed by atoms with Crippen LogP contribution >= 0.6 is 0 Å². The smallest absolute Gasteiger partial charge is 0.306 e. The van der Waals surface area contributed by atoms with E-state index in [1.54, 1.807) is 13.8 Å². The maximum atomic E-state index is 12.6. The lowest BCUT2D eigenvalue weighted by molar-refractivity contribution is -0.336. The van der Waals surface area contributed by atoms with E-state index in [0.29, 0.717) is 31.8 Å². The lowest BCUT2D eigenvalue weighted by Crippen LogP contribution is -2.67. The fraction of sp³-hybridized carbons (Fsp3) is 0.976. The summed E-state index contributed by atoms with van der Waals surface area (Å²) in [5.74, 6) is 0.612. The van der Waals surface area contributed by atoms with Gasteiger partial charge in [0.25, 0.3) is 0 Å². The van der Waals surface area contributed by atoms with Gasteiger partial charge in [-0.15, -0.1) is 0 Å². The molecule has 0 bridgehead atoms. The molecule has 8 rings (SSSR count). The van der Waals surface area contributed by atoms with Gasteiger partial charge in [0.2, 0.25) is 0 Å². The van der Waals surface area contributed by atoms with Crippen molar-refractivity contribution in [3.05, 3.63) is 0 Å². The molecule has 0 radical (unpaired) electrons. The van der Waals surface area contributed by atoms with Gasteiger partial charge in [0.05, 0.1) is 67.5 Å². The number of rotatable bonds is 7. The number of carbonyl (C=O) groups is 1. The zero-order chi connectivity index (χ0) is 39.2. The Bertz CT molecular complexity index is 1350. The van der Waals surface area contributed by atoms with Crippen molar-refractivity contribution < 1.29 is 68.6 Å². The van der Waals surface area contributed by atoms with Crippen LogP contribution in [0, 0.1) is 40.4 Å². The van der Waals surface area contributed by atoms with Crippen LogP contribution in [-0.4, -0.2) is 135 Å². The number of ether oxygens (including phenoxy) is 7. The third-order valence-corrected chi connectivity index (χ3v) is 16.3. The summed E-state index contributed by atoms with van der Waals surface area (Å²) in [6.07, 6.45) is -2.42. The van der Waals surface area contributed by atoms with Crippen molar-refractivity contribution in [2.45, 2.75) is 203 Å². The predicted molar refractivity (Wildman–Crippen MR) is 193 cm³/mol. The lowest BCUT2D eigenvalue weighted by atomic mass is 9.42. The fourth-order valence-corrected chi connectivity index (χ4v) is 13.2. The van der Waals surface area contributed by atoms with Crippen LogP contribution in [0.25, 0.3) is 0 Å². The first kappa shape index (κ1) is 40.8. The number of fused-ring (bicyclic) bond motifs is 5. The SMILES string of the molecule is CC1OC(OC2C(O)CC(OC3C(O)CC(OC4CCC5(C)C(CCC6C5CC(O)C5(C)C(C7COC(=O)C7)CCC65O)C4)OC3C)OC2C)CC(O)C1O. The minimum atomic E-state index is -1.00. The second kappa shape index (κ2) is 15.2. The normalized spacial score (nSPS) is 57.0. The molecule has 6 N–H and O–H groups in total. The Kier molecular flexibility index (Phi) is 11.3. The molecular formula is C41H66O14. The van der Waals surface area contributed by atoms with Crippen molar-refractivity contribution in [2.75, 3.05) is 6.61 Å². The summed E-state index contributed by atoms with van der Waals surface area (Å²) in [5, 5.41) is 66.9. The van der Waals surface area contributed by atoms with Crippen molar-refractivity contribution in [1.82, 2.24) is 0 Å². The molecule has 22 atom stereocenters. The first-order valence-electron chi connectivity index (χ1n) is 21.2. The van der Waals surface area contributed by atoms with E-state index in [4.69, 9.17) is 33.2 Å². The Morgan fingerprint density at radius 1 is 0.655 bits per heavy atom. The van der Waals surface area contributed by atoms with Gasteiger partial charge in [-0.2, -0.15) is 0 Å². The Morgan fingerprint density at radius 2 is 1.25 bits per heavy atom. The van der Waals surface area contributed by atoms with Gasteiger partial charge in [0.15, 0.2) is 18.9 Å². The molecule has 0 amide bonds. The molecule has 4 heterocycles. The number of esters is 1. The average molecular weight is 783 g/mol. The van der Waals surface area contributed by atoms with Crippen LogP contribution < -0.4 is 0 Å². The topological polar surface area (TPSA) is 203 Å². The van der Waals surface area contributed by atoms with Gasteiger partial charge >= 0.3 is 5.97 Å². The molecule has 14 nitrogen and oxygen atoms in total. The molecule has 4 saturated heterocycles. The molecular weight excluding hydrogens is 716 g/mol. The number of aliphatic hydroxyl groups excluding tert-OH is 5. The van der Waals surface area contributed by atoms with Crippen molar-refractivity contribution in [3.63, 3.8) is 0 Å². The van der Waals surface area contributed by atoms with Gasteiger partial charge in [0, 0.05) is 30.6 Å². The van der Waals surface area contributed by atoms with E-state index < -0.39 is 90.9 Å². The van der Waals surface area contributed by atoms with Crippen LogP contribution in [0.15, 0.2) is 0 Å². The highest BCUT2D eigenvalue weighted by Gasteiger charge is 2.71. The van der Waals surface area contributed by atoms with Crippen molar-refractivity contribution in [2.24, 2.45) is 40.4 Å². The molecule has 0 aromatic carbocycles. The van der Waals surface area contributed by atoms with Crippen molar-refractivity contribution in [3.8, 4) is 0 Å². The van der Waals surface area contributed by atoms with Crippen LogP contribution in [0.1, 0.15) is 112 Å². The largest absolute Gasteiger partial charge is 0.465 e. The van der Waals surface area contributed by atoms with E-state index in [9.17, 15) is 35.4 Å². The zero-order valence-electron chi connectivity index (χ0n) is 33.1. The van der Waals surface area contributed by atoms with Crippen LogP contribution in [0.5, 0.6) is 0 Å². The summed E-state index contributed by atoms with van der Waals surface area (Å²) in [5.41, 5.74) is -1.67. The molecule has 0 aromatic heterocycles. The van der Waals surface area contributed by atoms with Crippen molar-refractivity contribution >= 4 is 5.97 Å². The van der Waals surface area contributed by atoms with Gasteiger partial charge in [-0.1, -0.05) is 13.8 Å². The lowest BCUT2D eigenvalue weighted by Gasteiger charge is -2.65. The van der Waals surface area contributed by atoms with Crippen LogP contribution in [-0.2, 0) is 38.0 Å². The van der Waals surface area contributed by atoms with E-state index >= 15 is 0 Å². The van der Waals surface area contributed by atoms with E-state index in [1.165, 1.54) is 0 Å². The van der Waals surface area contributed by atoms with E-state index in [2.05, 4.69) is 13.8 Å². The molecule has 22 unspecified atom stereocenters. The first-order chi connectivity index (χ1) is 26.0. The Labute approximate surface area is 324 Å². The maximum absolute atomic E-state index is 12.6. The highest BCUT2D eigenvalue weighted by Crippen LogP contribution is 2.70. The minimum Gasteiger partial charge on any atom is -0.465 e. The van der Waals surface area contributed by atoms with Crippen LogP contribution in [0.4, 0.5) is 0 Å². The molecule has 4 saturated carbocycles. The molecule has 4 aliphatic carbocycles. The summed E-state index contributed by atoms with van der Waals surface area (Å²) < 4.78 is 42.2. The third-order valence-electron chi connectivity index (χ3n) is 16.3. The average Bonchev–Trinajstić information content (AvgIpc) is 3.67. The van der Waals surface area contributed by atoms with Gasteiger partial charge in [-0.3, -0.25) is 4.79 Å². The molecule has 8 aliphatic rings. The molecule has 0 aromatic rings. The Morgan fingerprint density at radius 3 is 1.84 bits per heavy atom. The van der Waals surface area contributed by atoms with Gasteiger partial charge in [0.1, 0.15) is 18.3 Å². The number of hydrogen-bond donors (Lipinski definition) is 6. The Hall–Kier alpha value is -1.01. The molecule has 0 spiro atoms. The first-order valence-corrected chi connectivity index (χ1v) is 21.2. The standard InChI is InChI=1S/C41H66O14/c1-19-36(47)28(42)15-34(50-19)54-38-21(3)52-35(17-30(38)44)55-37-20(2)51-33(16-29(37)43)53-24-8-10-39(4)23(13-24)6-7-26-27(39)14-31(45)40(5)25(9-11-41(26,40)48)22-12-32(46)49-18-22/h19-31,33-38,42-45,47-48H,6-18H2,1-5H3. The predicted octanol–water partition coefficient (Wildman–Crippen LogP) is 2.30. The molecule has 4 aliphatic heterocycles. The van der Waals surface area contributed by atoms with Crippen LogP contribution in [0.3, 0.4) is 0 Å². The number of aliphatic hydroxyl groups is 6. The van der Waals surface area contributed by atoms with Gasteiger partial charge < -0.3 is 63.8 Å². The number of carbonyl (C=O) groups excluding carboxylic acids is 1. The Balaban J connectivity index is 0.834. The van der Waals surface area contributed by atoms with Gasteiger partial charge in [-0.05, 0) is 101 Å². The van der Waals surface area contributed by atoms with E-state index in [1.807, 2.05) is 6.92 Å². The van der Waals surface area contributed by atoms with E-state index in [0.717, 1.165) is 38.5 Å². The highest BCUT2D eigenvalue weighted by atomic mass is 16.7. The van der Waals surface area contributed by atoms with Gasteiger partial charge in [-0.25, -0.2) is 0 Å². The highest BCUT2D eigenvalue weighted by molar-refractivity contribution is 5.71. The monoisotopic (exact) mass is 782 g/mol. The summed E-state index contributed by atoms with van der Waals surface area (Å²) in [6.45, 7) is 10.1. The number of cyclic esters (lactones) is 1. The van der Waals surface area contributed by atoms with Crippen molar-refractivity contribution in [1.29, 1.82) is 0 Å². The number of hydrogen-bond acceptors (Lipinski definition) is 14. The van der Waals surface area contributed by atoms with E-state index in [-0.39, 0.29) is 60.4 Å². The molecule has 8 fully saturated rings. The summed E-state index contributed by atoms with van der Waals surface area (Å²) in [6, 6.07) is 0. The maximum Gasteiger partial charge on any atom is 0.306 e. The molecule has 14 heteroatoms. The molecule has 55 heavy (non-hydrogen) atoms. The van der Waals surface area contributed by atoms with Crippen LogP contribution in [0.2, 0.25) is 0 Å². The third kappa shape index (κ3) is 7.03. The summed E-state index contributed by atoms with van der Waals surface area (Å²) in [7, 11) is 0. The second-order valence-electron chi connectivity index (χ2n) is 19.2. The zero-order valence-corrected chi connectivity index (χ0v) is 33.1. The summed E-state index contributed by atoms with van der Waals surface area (Å²) in [4.78, 5) is 12.0. The fourth-order valence-electron chi connectivity index (χ4n) is 13.2.